The van der Waals surface area contributed by atoms with Crippen molar-refractivity contribution in [2.45, 2.75) is 32.2 Å². The minimum Gasteiger partial charge on any atom is -0.326 e. The fraction of sp³-hybridized carbons (Fsp3) is 0.312. The standard InChI is InChI=1S/C16H20N2O3S2/c1-4-18(11-15-6-5-9-22-15)23(20,21)16-10-14(17-13(3)19)8-7-12(16)2/h5-10H,4,11H2,1-3H3,(H,17,19). The van der Waals surface area contributed by atoms with E-state index in [0.29, 0.717) is 24.3 Å². The van der Waals surface area contributed by atoms with Gasteiger partial charge in [-0.2, -0.15) is 4.31 Å². The second kappa shape index (κ2) is 7.25. The fourth-order valence-corrected chi connectivity index (χ4v) is 4.72. The summed E-state index contributed by atoms with van der Waals surface area (Å²) in [5.41, 5.74) is 1.14. The lowest BCUT2D eigenvalue weighted by molar-refractivity contribution is -0.114. The topological polar surface area (TPSA) is 66.5 Å². The van der Waals surface area contributed by atoms with E-state index in [2.05, 4.69) is 5.32 Å². The molecule has 0 radical (unpaired) electrons. The number of carbonyl (C=O) groups is 1. The average Bonchev–Trinajstić information content (AvgIpc) is 2.99. The van der Waals surface area contributed by atoms with Gasteiger partial charge in [0.2, 0.25) is 15.9 Å². The Bertz CT molecular complexity index is 784. The normalized spacial score (nSPS) is 11.7. The van der Waals surface area contributed by atoms with Gasteiger partial charge in [-0.1, -0.05) is 19.1 Å². The summed E-state index contributed by atoms with van der Waals surface area (Å²) < 4.78 is 27.4. The molecule has 0 fully saturated rings. The highest BCUT2D eigenvalue weighted by molar-refractivity contribution is 7.89. The Kier molecular flexibility index (Phi) is 5.56. The first-order valence-electron chi connectivity index (χ1n) is 7.25. The summed E-state index contributed by atoms with van der Waals surface area (Å²) in [7, 11) is -3.63. The van der Waals surface area contributed by atoms with E-state index in [4.69, 9.17) is 0 Å². The predicted octanol–water partition coefficient (Wildman–Crippen LogP) is 3.23. The van der Waals surface area contributed by atoms with Gasteiger partial charge in [0, 0.05) is 30.6 Å². The van der Waals surface area contributed by atoms with Crippen LogP contribution in [0.4, 0.5) is 5.69 Å². The number of aryl methyl sites for hydroxylation is 1. The van der Waals surface area contributed by atoms with Gasteiger partial charge in [0.25, 0.3) is 0 Å². The first-order valence-corrected chi connectivity index (χ1v) is 9.57. The predicted molar refractivity (Wildman–Crippen MR) is 93.1 cm³/mol. The zero-order valence-corrected chi connectivity index (χ0v) is 15.0. The molecule has 2 rings (SSSR count). The van der Waals surface area contributed by atoms with Gasteiger partial charge in [0.1, 0.15) is 0 Å². The molecule has 0 spiro atoms. The number of sulfonamides is 1. The van der Waals surface area contributed by atoms with Gasteiger partial charge in [0.05, 0.1) is 4.90 Å². The molecule has 5 nitrogen and oxygen atoms in total. The van der Waals surface area contributed by atoms with E-state index in [9.17, 15) is 13.2 Å². The first kappa shape index (κ1) is 17.7. The van der Waals surface area contributed by atoms with Crippen LogP contribution in [0.1, 0.15) is 24.3 Å². The van der Waals surface area contributed by atoms with Crippen LogP contribution in [0.5, 0.6) is 0 Å². The van der Waals surface area contributed by atoms with E-state index in [1.807, 2.05) is 24.4 Å². The van der Waals surface area contributed by atoms with Crippen molar-refractivity contribution >= 4 is 33.0 Å². The van der Waals surface area contributed by atoms with Crippen molar-refractivity contribution in [1.82, 2.24) is 4.31 Å². The number of rotatable bonds is 6. The zero-order valence-electron chi connectivity index (χ0n) is 13.4. The molecule has 0 atom stereocenters. The van der Waals surface area contributed by atoms with Gasteiger partial charge in [-0.15, -0.1) is 11.3 Å². The van der Waals surface area contributed by atoms with Crippen LogP contribution in [-0.2, 0) is 21.4 Å². The second-order valence-corrected chi connectivity index (χ2v) is 8.11. The van der Waals surface area contributed by atoms with Crippen LogP contribution in [0.25, 0.3) is 0 Å². The number of nitrogens with one attached hydrogen (secondary N) is 1. The van der Waals surface area contributed by atoms with Crippen molar-refractivity contribution in [3.8, 4) is 0 Å². The average molecular weight is 352 g/mol. The smallest absolute Gasteiger partial charge is 0.243 e. The van der Waals surface area contributed by atoms with E-state index in [1.165, 1.54) is 28.6 Å². The molecule has 1 aromatic carbocycles. The van der Waals surface area contributed by atoms with Gasteiger partial charge < -0.3 is 5.32 Å². The molecule has 1 N–H and O–H groups in total. The molecule has 0 bridgehead atoms. The number of hydrogen-bond donors (Lipinski definition) is 1. The summed E-state index contributed by atoms with van der Waals surface area (Å²) in [5, 5.41) is 4.56. The maximum Gasteiger partial charge on any atom is 0.243 e. The van der Waals surface area contributed by atoms with Gasteiger partial charge in [-0.25, -0.2) is 8.42 Å². The fourth-order valence-electron chi connectivity index (χ4n) is 2.24. The molecular formula is C16H20N2O3S2. The molecule has 1 heterocycles. The number of nitrogens with zero attached hydrogens (tertiary/aromatic N) is 1. The van der Waals surface area contributed by atoms with E-state index < -0.39 is 10.0 Å². The van der Waals surface area contributed by atoms with Crippen molar-refractivity contribution in [3.05, 3.63) is 46.2 Å². The number of thiophene rings is 1. The van der Waals surface area contributed by atoms with Crippen molar-refractivity contribution in [1.29, 1.82) is 0 Å². The largest absolute Gasteiger partial charge is 0.326 e. The highest BCUT2D eigenvalue weighted by Crippen LogP contribution is 2.25. The molecule has 7 heteroatoms. The summed E-state index contributed by atoms with van der Waals surface area (Å²) in [6.07, 6.45) is 0. The van der Waals surface area contributed by atoms with Crippen LogP contribution >= 0.6 is 11.3 Å². The highest BCUT2D eigenvalue weighted by atomic mass is 32.2. The number of benzene rings is 1. The Morgan fingerprint density at radius 3 is 2.61 bits per heavy atom. The maximum absolute atomic E-state index is 13.0. The molecule has 1 amide bonds. The summed E-state index contributed by atoms with van der Waals surface area (Å²) >= 11 is 1.53. The van der Waals surface area contributed by atoms with Gasteiger partial charge in [0.15, 0.2) is 0 Å². The summed E-state index contributed by atoms with van der Waals surface area (Å²) in [6.45, 7) is 5.69. The molecule has 0 saturated carbocycles. The van der Waals surface area contributed by atoms with E-state index in [0.717, 1.165) is 4.88 Å². The monoisotopic (exact) mass is 352 g/mol. The summed E-state index contributed by atoms with van der Waals surface area (Å²) in [4.78, 5) is 12.4. The van der Waals surface area contributed by atoms with Crippen LogP contribution in [0.15, 0.2) is 40.6 Å². The van der Waals surface area contributed by atoms with Crippen molar-refractivity contribution in [3.63, 3.8) is 0 Å². The van der Waals surface area contributed by atoms with Crippen molar-refractivity contribution in [2.75, 3.05) is 11.9 Å². The minimum atomic E-state index is -3.63. The number of carbonyl (C=O) groups excluding carboxylic acids is 1. The lowest BCUT2D eigenvalue weighted by atomic mass is 10.2. The molecule has 1 aromatic heterocycles. The lowest BCUT2D eigenvalue weighted by Crippen LogP contribution is -2.30. The molecule has 0 aliphatic rings. The Morgan fingerprint density at radius 2 is 2.04 bits per heavy atom. The second-order valence-electron chi connectivity index (χ2n) is 5.17. The summed E-state index contributed by atoms with van der Waals surface area (Å²) in [6, 6.07) is 8.75. The Labute approximate surface area is 141 Å². The van der Waals surface area contributed by atoms with Crippen LogP contribution in [0, 0.1) is 6.92 Å². The molecule has 124 valence electrons. The number of anilines is 1. The third-order valence-electron chi connectivity index (χ3n) is 3.39. The first-order chi connectivity index (χ1) is 10.8. The van der Waals surface area contributed by atoms with Crippen LogP contribution < -0.4 is 5.32 Å². The highest BCUT2D eigenvalue weighted by Gasteiger charge is 2.25. The Morgan fingerprint density at radius 1 is 1.30 bits per heavy atom. The Balaban J connectivity index is 2.38. The van der Waals surface area contributed by atoms with E-state index >= 15 is 0 Å². The van der Waals surface area contributed by atoms with Gasteiger partial charge in [-0.3, -0.25) is 4.79 Å². The molecule has 0 aliphatic heterocycles. The molecule has 0 unspecified atom stereocenters. The summed E-state index contributed by atoms with van der Waals surface area (Å²) in [5.74, 6) is -0.233. The van der Waals surface area contributed by atoms with Crippen LogP contribution in [0.3, 0.4) is 0 Å². The molecule has 23 heavy (non-hydrogen) atoms. The van der Waals surface area contributed by atoms with Gasteiger partial charge >= 0.3 is 0 Å². The van der Waals surface area contributed by atoms with Crippen molar-refractivity contribution in [2.24, 2.45) is 0 Å². The molecule has 0 aliphatic carbocycles. The van der Waals surface area contributed by atoms with E-state index in [1.54, 1.807) is 19.1 Å². The third kappa shape index (κ3) is 4.19. The van der Waals surface area contributed by atoms with Crippen LogP contribution in [0.2, 0.25) is 0 Å². The molecular weight excluding hydrogens is 332 g/mol. The molecule has 2 aromatic rings. The zero-order chi connectivity index (χ0) is 17.0. The van der Waals surface area contributed by atoms with E-state index in [-0.39, 0.29) is 10.8 Å². The van der Waals surface area contributed by atoms with Crippen LogP contribution in [-0.4, -0.2) is 25.2 Å². The quantitative estimate of drug-likeness (QED) is 0.868. The third-order valence-corrected chi connectivity index (χ3v) is 6.32. The molecule has 0 saturated heterocycles. The SMILES string of the molecule is CCN(Cc1cccs1)S(=O)(=O)c1cc(NC(C)=O)ccc1C. The lowest BCUT2D eigenvalue weighted by Gasteiger charge is -2.21. The number of hydrogen-bond acceptors (Lipinski definition) is 4. The Hall–Kier alpha value is -1.70. The maximum atomic E-state index is 13.0. The minimum absolute atomic E-state index is 0.224. The number of amides is 1. The van der Waals surface area contributed by atoms with Gasteiger partial charge in [-0.05, 0) is 36.1 Å². The van der Waals surface area contributed by atoms with Crippen molar-refractivity contribution < 1.29 is 13.2 Å².